The van der Waals surface area contributed by atoms with Gasteiger partial charge in [0.2, 0.25) is 0 Å². The van der Waals surface area contributed by atoms with Crippen LogP contribution in [0, 0.1) is 13.8 Å². The fourth-order valence-electron chi connectivity index (χ4n) is 3.30. The molecule has 1 fully saturated rings. The molecular weight excluding hydrogens is 370 g/mol. The van der Waals surface area contributed by atoms with E-state index in [1.54, 1.807) is 17.7 Å². The lowest BCUT2D eigenvalue weighted by Gasteiger charge is -2.29. The average Bonchev–Trinajstić information content (AvgIpc) is 3.05. The number of likely N-dealkylation sites (N-methyl/N-ethyl adjacent to an activating group) is 1. The van der Waals surface area contributed by atoms with Crippen LogP contribution in [0.2, 0.25) is 0 Å². The van der Waals surface area contributed by atoms with Gasteiger partial charge in [0.15, 0.2) is 15.9 Å². The Labute approximate surface area is 160 Å². The number of carbonyl (C=O) groups excluding carboxylic acids is 2. The van der Waals surface area contributed by atoms with Crippen molar-refractivity contribution in [2.75, 3.05) is 18.1 Å². The maximum Gasteiger partial charge on any atom is 0.331 e. The second kappa shape index (κ2) is 8.24. The van der Waals surface area contributed by atoms with Crippen molar-refractivity contribution in [3.63, 3.8) is 0 Å². The average molecular weight is 397 g/mol. The van der Waals surface area contributed by atoms with E-state index in [0.29, 0.717) is 13.0 Å². The Balaban J connectivity index is 2.00. The van der Waals surface area contributed by atoms with Crippen LogP contribution in [0.15, 0.2) is 6.08 Å². The summed E-state index contributed by atoms with van der Waals surface area (Å²) in [6, 6.07) is -0.357. The minimum Gasteiger partial charge on any atom is -0.449 e. The van der Waals surface area contributed by atoms with Crippen LogP contribution in [0.3, 0.4) is 0 Å². The normalized spacial score (nSPS) is 20.0. The number of hydrogen-bond acceptors (Lipinski definition) is 6. The first-order valence-corrected chi connectivity index (χ1v) is 10.8. The molecule has 1 amide bonds. The van der Waals surface area contributed by atoms with Crippen molar-refractivity contribution >= 4 is 27.8 Å². The van der Waals surface area contributed by atoms with E-state index >= 15 is 0 Å². The van der Waals surface area contributed by atoms with Crippen LogP contribution < -0.4 is 0 Å². The molecule has 0 unspecified atom stereocenters. The monoisotopic (exact) mass is 397 g/mol. The summed E-state index contributed by atoms with van der Waals surface area (Å²) < 4.78 is 30.3. The third-order valence-electron chi connectivity index (χ3n) is 4.86. The number of carbonyl (C=O) groups is 2. The molecule has 1 aliphatic heterocycles. The molecule has 0 aliphatic carbocycles. The quantitative estimate of drug-likeness (QED) is 0.525. The van der Waals surface area contributed by atoms with Crippen LogP contribution >= 0.6 is 0 Å². The molecule has 27 heavy (non-hydrogen) atoms. The highest BCUT2D eigenvalue weighted by atomic mass is 32.2. The van der Waals surface area contributed by atoms with E-state index in [1.165, 1.54) is 17.9 Å². The lowest BCUT2D eigenvalue weighted by molar-refractivity contribution is -0.156. The van der Waals surface area contributed by atoms with Gasteiger partial charge < -0.3 is 9.64 Å². The molecule has 8 nitrogen and oxygen atoms in total. The molecule has 150 valence electrons. The SMILES string of the molecule is CCN(C(=O)[C@@H](C)OC(=O)/C=C/c1c(C)nn(C)c1C)[C@@H]1CCS(=O)(=O)C1. The minimum atomic E-state index is -3.10. The Bertz CT molecular complexity index is 857. The second-order valence-electron chi connectivity index (χ2n) is 6.80. The van der Waals surface area contributed by atoms with Crippen molar-refractivity contribution in [2.24, 2.45) is 7.05 Å². The van der Waals surface area contributed by atoms with Gasteiger partial charge in [-0.2, -0.15) is 5.10 Å². The first kappa shape index (κ1) is 21.1. The molecule has 0 radical (unpaired) electrons. The Morgan fingerprint density at radius 1 is 1.41 bits per heavy atom. The van der Waals surface area contributed by atoms with Crippen molar-refractivity contribution in [3.05, 3.63) is 23.0 Å². The van der Waals surface area contributed by atoms with E-state index in [1.807, 2.05) is 20.9 Å². The molecule has 1 saturated heterocycles. The summed E-state index contributed by atoms with van der Waals surface area (Å²) in [4.78, 5) is 26.2. The van der Waals surface area contributed by atoms with Crippen LogP contribution in [0.25, 0.3) is 6.08 Å². The highest BCUT2D eigenvalue weighted by Gasteiger charge is 2.36. The molecule has 9 heteroatoms. The maximum atomic E-state index is 12.6. The van der Waals surface area contributed by atoms with E-state index in [2.05, 4.69) is 5.10 Å². The Morgan fingerprint density at radius 2 is 2.07 bits per heavy atom. The van der Waals surface area contributed by atoms with E-state index in [4.69, 9.17) is 4.74 Å². The number of esters is 1. The predicted molar refractivity (Wildman–Crippen MR) is 102 cm³/mol. The number of aryl methyl sites for hydroxylation is 2. The molecule has 1 aromatic rings. The highest BCUT2D eigenvalue weighted by molar-refractivity contribution is 7.91. The lowest BCUT2D eigenvalue weighted by Crippen LogP contribution is -2.46. The summed E-state index contributed by atoms with van der Waals surface area (Å²) in [7, 11) is -1.28. The number of amides is 1. The molecule has 1 aromatic heterocycles. The standard InChI is InChI=1S/C18H27N3O5S/c1-6-21(15-9-10-27(24,25)11-15)18(23)14(4)26-17(22)8-7-16-12(2)19-20(5)13(16)3/h7-8,14-15H,6,9-11H2,1-5H3/b8-7+/t14-,15-/m1/s1. The zero-order chi connectivity index (χ0) is 20.4. The number of sulfone groups is 1. The number of hydrogen-bond donors (Lipinski definition) is 0. The molecule has 2 heterocycles. The first-order chi connectivity index (χ1) is 12.6. The molecule has 0 saturated carbocycles. The van der Waals surface area contributed by atoms with Gasteiger partial charge in [0, 0.05) is 37.0 Å². The lowest BCUT2D eigenvalue weighted by atomic mass is 10.2. The van der Waals surface area contributed by atoms with Gasteiger partial charge in [0.25, 0.3) is 5.91 Å². The molecule has 0 N–H and O–H groups in total. The van der Waals surface area contributed by atoms with Crippen LogP contribution in [0.1, 0.15) is 37.2 Å². The molecule has 1 aliphatic rings. The van der Waals surface area contributed by atoms with Crippen molar-refractivity contribution in [1.82, 2.24) is 14.7 Å². The Hall–Kier alpha value is -2.16. The van der Waals surface area contributed by atoms with Crippen molar-refractivity contribution in [3.8, 4) is 0 Å². The van der Waals surface area contributed by atoms with Crippen molar-refractivity contribution < 1.29 is 22.7 Å². The van der Waals surface area contributed by atoms with Gasteiger partial charge in [-0.05, 0) is 40.2 Å². The van der Waals surface area contributed by atoms with Gasteiger partial charge in [-0.1, -0.05) is 0 Å². The van der Waals surface area contributed by atoms with Gasteiger partial charge >= 0.3 is 5.97 Å². The third kappa shape index (κ3) is 4.97. The zero-order valence-corrected chi connectivity index (χ0v) is 17.2. The summed E-state index contributed by atoms with van der Waals surface area (Å²) in [5.74, 6) is -0.960. The summed E-state index contributed by atoms with van der Waals surface area (Å²) >= 11 is 0. The minimum absolute atomic E-state index is 0.0350. The smallest absolute Gasteiger partial charge is 0.331 e. The van der Waals surface area contributed by atoms with E-state index < -0.39 is 21.9 Å². The van der Waals surface area contributed by atoms with E-state index in [-0.39, 0.29) is 23.5 Å². The summed E-state index contributed by atoms with van der Waals surface area (Å²) in [5, 5.41) is 4.27. The fourth-order valence-corrected chi connectivity index (χ4v) is 5.03. The maximum absolute atomic E-state index is 12.6. The van der Waals surface area contributed by atoms with Crippen molar-refractivity contribution in [2.45, 2.75) is 46.3 Å². The van der Waals surface area contributed by atoms with Crippen LogP contribution in [-0.4, -0.2) is 65.2 Å². The number of aromatic nitrogens is 2. The van der Waals surface area contributed by atoms with Gasteiger partial charge in [-0.15, -0.1) is 0 Å². The van der Waals surface area contributed by atoms with Crippen LogP contribution in [0.4, 0.5) is 0 Å². The van der Waals surface area contributed by atoms with Crippen LogP contribution in [-0.2, 0) is 31.2 Å². The van der Waals surface area contributed by atoms with Crippen molar-refractivity contribution in [1.29, 1.82) is 0 Å². The van der Waals surface area contributed by atoms with Gasteiger partial charge in [-0.3, -0.25) is 9.48 Å². The molecule has 0 aromatic carbocycles. The second-order valence-corrected chi connectivity index (χ2v) is 9.03. The number of rotatable bonds is 6. The molecule has 0 bridgehead atoms. The largest absolute Gasteiger partial charge is 0.449 e. The third-order valence-corrected chi connectivity index (χ3v) is 6.62. The summed E-state index contributed by atoms with van der Waals surface area (Å²) in [6.45, 7) is 7.39. The van der Waals surface area contributed by atoms with E-state index in [9.17, 15) is 18.0 Å². The molecule has 2 atom stereocenters. The predicted octanol–water partition coefficient (Wildman–Crippen LogP) is 1.02. The molecule has 2 rings (SSSR count). The van der Waals surface area contributed by atoms with Gasteiger partial charge in [-0.25, -0.2) is 13.2 Å². The molecular formula is C18H27N3O5S. The van der Waals surface area contributed by atoms with E-state index in [0.717, 1.165) is 17.0 Å². The Morgan fingerprint density at radius 3 is 2.56 bits per heavy atom. The van der Waals surface area contributed by atoms with Gasteiger partial charge in [0.1, 0.15) is 0 Å². The number of nitrogens with zero attached hydrogens (tertiary/aromatic N) is 3. The van der Waals surface area contributed by atoms with Gasteiger partial charge in [0.05, 0.1) is 17.2 Å². The van der Waals surface area contributed by atoms with Crippen LogP contribution in [0.5, 0.6) is 0 Å². The Kier molecular flexibility index (Phi) is 6.46. The molecule has 0 spiro atoms. The topological polar surface area (TPSA) is 98.6 Å². The first-order valence-electron chi connectivity index (χ1n) is 8.95. The summed E-state index contributed by atoms with van der Waals surface area (Å²) in [6.07, 6.45) is 2.33. The summed E-state index contributed by atoms with van der Waals surface area (Å²) in [5.41, 5.74) is 2.54. The highest BCUT2D eigenvalue weighted by Crippen LogP contribution is 2.19. The number of ether oxygens (including phenoxy) is 1. The fraction of sp³-hybridized carbons (Fsp3) is 0.611. The zero-order valence-electron chi connectivity index (χ0n) is 16.4.